The highest BCUT2D eigenvalue weighted by Crippen LogP contribution is 2.28. The van der Waals surface area contributed by atoms with Gasteiger partial charge in [0.1, 0.15) is 10.5 Å². The molecular weight excluding hydrogens is 323 g/mol. The minimum Gasteiger partial charge on any atom is -0.345 e. The summed E-state index contributed by atoms with van der Waals surface area (Å²) in [6.45, 7) is 3.60. The number of pyridine rings is 1. The van der Waals surface area contributed by atoms with E-state index in [2.05, 4.69) is 14.7 Å². The second-order valence-corrected chi connectivity index (χ2v) is 6.92. The number of halogens is 2. The molecule has 4 N–H and O–H groups in total. The van der Waals surface area contributed by atoms with Crippen molar-refractivity contribution < 1.29 is 8.42 Å². The Morgan fingerprint density at radius 2 is 2.15 bits per heavy atom. The third-order valence-electron chi connectivity index (χ3n) is 2.70. The van der Waals surface area contributed by atoms with Gasteiger partial charge < -0.3 is 10.7 Å². The first kappa shape index (κ1) is 17.2. The van der Waals surface area contributed by atoms with Gasteiger partial charge in [0.2, 0.25) is 10.0 Å². The van der Waals surface area contributed by atoms with Gasteiger partial charge in [-0.15, -0.1) is 12.4 Å². The van der Waals surface area contributed by atoms with Crippen LogP contribution >= 0.6 is 24.0 Å². The summed E-state index contributed by atoms with van der Waals surface area (Å²) < 4.78 is 27.3. The Kier molecular flexibility index (Phi) is 5.04. The van der Waals surface area contributed by atoms with Crippen LogP contribution in [0.3, 0.4) is 0 Å². The second-order valence-electron chi connectivity index (χ2n) is 4.86. The van der Waals surface area contributed by atoms with Crippen molar-refractivity contribution in [1.82, 2.24) is 14.7 Å². The van der Waals surface area contributed by atoms with Gasteiger partial charge in [-0.25, -0.2) is 18.1 Å². The van der Waals surface area contributed by atoms with E-state index in [9.17, 15) is 8.42 Å². The molecule has 2 rings (SSSR count). The normalized spacial score (nSPS) is 12.4. The van der Waals surface area contributed by atoms with Crippen molar-refractivity contribution >= 4 is 45.1 Å². The summed E-state index contributed by atoms with van der Waals surface area (Å²) >= 11 is 6.04. The van der Waals surface area contributed by atoms with Crippen LogP contribution in [0.2, 0.25) is 5.02 Å². The molecule has 0 aliphatic rings. The summed E-state index contributed by atoms with van der Waals surface area (Å²) in [5, 5.41) is 0.710. The molecule has 0 radical (unpaired) electrons. The van der Waals surface area contributed by atoms with E-state index in [1.165, 1.54) is 12.4 Å². The highest BCUT2D eigenvalue weighted by molar-refractivity contribution is 7.89. The fraction of sp³-hybridized carbons (Fsp3) is 0.364. The zero-order valence-corrected chi connectivity index (χ0v) is 13.4. The average molecular weight is 339 g/mol. The lowest BCUT2D eigenvalue weighted by Gasteiger charge is -2.23. The van der Waals surface area contributed by atoms with Crippen LogP contribution in [-0.2, 0) is 10.0 Å². The number of rotatable bonds is 4. The summed E-state index contributed by atoms with van der Waals surface area (Å²) in [4.78, 5) is 6.90. The maximum atomic E-state index is 12.4. The van der Waals surface area contributed by atoms with E-state index in [0.29, 0.717) is 16.1 Å². The number of H-pyrrole nitrogens is 1. The van der Waals surface area contributed by atoms with Crippen LogP contribution < -0.4 is 10.5 Å². The molecule has 0 aliphatic heterocycles. The molecular formula is C11H16Cl2N4O2S. The van der Waals surface area contributed by atoms with Crippen LogP contribution in [0.15, 0.2) is 23.4 Å². The van der Waals surface area contributed by atoms with Crippen molar-refractivity contribution in [3.8, 4) is 0 Å². The Morgan fingerprint density at radius 1 is 1.50 bits per heavy atom. The average Bonchev–Trinajstić information content (AvgIpc) is 2.74. The number of hydrogen-bond acceptors (Lipinski definition) is 4. The van der Waals surface area contributed by atoms with E-state index in [1.807, 2.05) is 0 Å². The summed E-state index contributed by atoms with van der Waals surface area (Å²) in [6.07, 6.45) is 2.88. The predicted molar refractivity (Wildman–Crippen MR) is 81.8 cm³/mol. The Balaban J connectivity index is 0.00000200. The number of sulfonamides is 1. The van der Waals surface area contributed by atoms with Crippen LogP contribution in [-0.4, -0.2) is 30.5 Å². The molecule has 2 heterocycles. The van der Waals surface area contributed by atoms with Crippen molar-refractivity contribution in [2.45, 2.75) is 24.3 Å². The van der Waals surface area contributed by atoms with Gasteiger partial charge in [-0.05, 0) is 19.9 Å². The van der Waals surface area contributed by atoms with E-state index >= 15 is 0 Å². The Morgan fingerprint density at radius 3 is 2.75 bits per heavy atom. The van der Waals surface area contributed by atoms with Gasteiger partial charge in [0.15, 0.2) is 0 Å². The van der Waals surface area contributed by atoms with Gasteiger partial charge in [0.05, 0.1) is 10.4 Å². The third-order valence-corrected chi connectivity index (χ3v) is 4.73. The molecule has 0 bridgehead atoms. The van der Waals surface area contributed by atoms with E-state index in [0.717, 1.165) is 0 Å². The molecule has 6 nitrogen and oxygen atoms in total. The van der Waals surface area contributed by atoms with Crippen LogP contribution in [0.5, 0.6) is 0 Å². The molecule has 0 atom stereocenters. The zero-order valence-electron chi connectivity index (χ0n) is 11.0. The number of hydrogen-bond donors (Lipinski definition) is 3. The Labute approximate surface area is 128 Å². The fourth-order valence-corrected chi connectivity index (χ4v) is 3.57. The number of nitrogens with one attached hydrogen (secondary N) is 2. The summed E-state index contributed by atoms with van der Waals surface area (Å²) in [5.41, 5.74) is 5.23. The van der Waals surface area contributed by atoms with Gasteiger partial charge in [-0.3, -0.25) is 0 Å². The van der Waals surface area contributed by atoms with Gasteiger partial charge >= 0.3 is 0 Å². The molecule has 2 aromatic rings. The largest absolute Gasteiger partial charge is 0.345 e. The molecule has 0 saturated carbocycles. The first-order valence-corrected chi connectivity index (χ1v) is 7.48. The molecule has 0 aliphatic carbocycles. The summed E-state index contributed by atoms with van der Waals surface area (Å²) in [6, 6.07) is 1.55. The first-order valence-electron chi connectivity index (χ1n) is 5.62. The molecule has 0 aromatic carbocycles. The fourth-order valence-electron chi connectivity index (χ4n) is 1.66. The minimum absolute atomic E-state index is 0. The Hall–Kier alpha value is -0.860. The van der Waals surface area contributed by atoms with E-state index in [4.69, 9.17) is 17.3 Å². The molecule has 20 heavy (non-hydrogen) atoms. The van der Waals surface area contributed by atoms with Crippen LogP contribution in [0.25, 0.3) is 11.0 Å². The number of nitrogens with zero attached hydrogens (tertiary/aromatic N) is 1. The minimum atomic E-state index is -3.72. The molecule has 0 saturated heterocycles. The highest BCUT2D eigenvalue weighted by Gasteiger charge is 2.28. The second kappa shape index (κ2) is 5.87. The summed E-state index contributed by atoms with van der Waals surface area (Å²) in [7, 11) is -3.72. The smallest absolute Gasteiger partial charge is 0.243 e. The molecule has 0 amide bonds. The molecule has 0 fully saturated rings. The monoisotopic (exact) mass is 338 g/mol. The maximum Gasteiger partial charge on any atom is 0.243 e. The lowest BCUT2D eigenvalue weighted by molar-refractivity contribution is 0.463. The highest BCUT2D eigenvalue weighted by atomic mass is 35.5. The van der Waals surface area contributed by atoms with Crippen molar-refractivity contribution in [1.29, 1.82) is 0 Å². The number of aromatic nitrogens is 2. The van der Waals surface area contributed by atoms with Crippen molar-refractivity contribution in [3.63, 3.8) is 0 Å². The van der Waals surface area contributed by atoms with Gasteiger partial charge in [0.25, 0.3) is 0 Å². The first-order chi connectivity index (χ1) is 8.77. The summed E-state index contributed by atoms with van der Waals surface area (Å²) in [5.74, 6) is 0. The van der Waals surface area contributed by atoms with E-state index in [1.54, 1.807) is 19.9 Å². The lowest BCUT2D eigenvalue weighted by atomic mass is 10.1. The predicted octanol–water partition coefficient (Wildman–Crippen LogP) is 1.65. The number of nitrogens with two attached hydrogens (primary N) is 1. The van der Waals surface area contributed by atoms with E-state index in [-0.39, 0.29) is 23.8 Å². The van der Waals surface area contributed by atoms with Gasteiger partial charge in [-0.2, -0.15) is 0 Å². The number of fused-ring (bicyclic) bond motifs is 1. The van der Waals surface area contributed by atoms with Crippen molar-refractivity contribution in [2.24, 2.45) is 5.73 Å². The number of aromatic amines is 1. The van der Waals surface area contributed by atoms with Crippen molar-refractivity contribution in [2.75, 3.05) is 6.54 Å². The van der Waals surface area contributed by atoms with Crippen LogP contribution in [0.4, 0.5) is 0 Å². The van der Waals surface area contributed by atoms with Crippen molar-refractivity contribution in [3.05, 3.63) is 23.5 Å². The molecule has 0 unspecified atom stereocenters. The molecule has 0 spiro atoms. The lowest BCUT2D eigenvalue weighted by Crippen LogP contribution is -2.48. The van der Waals surface area contributed by atoms with Crippen LogP contribution in [0.1, 0.15) is 13.8 Å². The SMILES string of the molecule is CC(C)(CN)NS(=O)(=O)c1c[nH]c2nccc(Cl)c12.Cl. The van der Waals surface area contributed by atoms with Crippen LogP contribution in [0, 0.1) is 0 Å². The maximum absolute atomic E-state index is 12.4. The van der Waals surface area contributed by atoms with Gasteiger partial charge in [0, 0.05) is 24.5 Å². The molecule has 2 aromatic heterocycles. The standard InChI is InChI=1S/C11H15ClN4O2S.ClH/c1-11(2,6-13)16-19(17,18)8-5-15-10-9(8)7(12)3-4-14-10;/h3-5,16H,6,13H2,1-2H3,(H,14,15);1H. The van der Waals surface area contributed by atoms with E-state index < -0.39 is 15.6 Å². The molecule has 9 heteroatoms. The molecule has 112 valence electrons. The zero-order chi connectivity index (χ0) is 14.3. The quantitative estimate of drug-likeness (QED) is 0.788. The topological polar surface area (TPSA) is 101 Å². The Bertz CT molecular complexity index is 712. The third kappa shape index (κ3) is 3.24. The van der Waals surface area contributed by atoms with Gasteiger partial charge in [-0.1, -0.05) is 11.6 Å².